The molecule has 0 radical (unpaired) electrons. The second-order valence-electron chi connectivity index (χ2n) is 6.04. The van der Waals surface area contributed by atoms with Crippen LogP contribution in [-0.2, 0) is 6.54 Å². The molecular formula is C20H18N4O3. The quantitative estimate of drug-likeness (QED) is 0.752. The second kappa shape index (κ2) is 7.33. The molecule has 1 N–H and O–H groups in total. The third-order valence-electron chi connectivity index (χ3n) is 4.26. The van der Waals surface area contributed by atoms with E-state index in [1.807, 2.05) is 60.5 Å². The Morgan fingerprint density at radius 3 is 2.63 bits per heavy atom. The molecule has 0 saturated heterocycles. The van der Waals surface area contributed by atoms with Crippen LogP contribution in [0.5, 0.6) is 11.5 Å². The molecular weight excluding hydrogens is 344 g/mol. The Balaban J connectivity index is 1.39. The van der Waals surface area contributed by atoms with Gasteiger partial charge in [-0.25, -0.2) is 0 Å². The zero-order valence-electron chi connectivity index (χ0n) is 14.8. The molecule has 0 saturated carbocycles. The summed E-state index contributed by atoms with van der Waals surface area (Å²) in [7, 11) is 1.90. The van der Waals surface area contributed by atoms with E-state index < -0.39 is 0 Å². The molecule has 27 heavy (non-hydrogen) atoms. The minimum Gasteiger partial charge on any atom is -0.454 e. The van der Waals surface area contributed by atoms with Crippen LogP contribution >= 0.6 is 0 Å². The Labute approximate surface area is 156 Å². The third-order valence-corrected chi connectivity index (χ3v) is 4.26. The van der Waals surface area contributed by atoms with Gasteiger partial charge < -0.3 is 19.7 Å². The summed E-state index contributed by atoms with van der Waals surface area (Å²) in [6.07, 6.45) is 0. The molecule has 0 aliphatic carbocycles. The van der Waals surface area contributed by atoms with Crippen molar-refractivity contribution < 1.29 is 14.3 Å². The van der Waals surface area contributed by atoms with Crippen LogP contribution < -0.4 is 19.7 Å². The van der Waals surface area contributed by atoms with Gasteiger partial charge in [-0.1, -0.05) is 24.3 Å². The summed E-state index contributed by atoms with van der Waals surface area (Å²) in [4.78, 5) is 14.2. The van der Waals surface area contributed by atoms with Gasteiger partial charge in [0.05, 0.1) is 0 Å². The Bertz CT molecular complexity index is 945. The normalized spacial score (nSPS) is 11.9. The van der Waals surface area contributed by atoms with Crippen LogP contribution in [0.1, 0.15) is 16.1 Å². The molecule has 2 aromatic carbocycles. The van der Waals surface area contributed by atoms with Gasteiger partial charge in [0.1, 0.15) is 0 Å². The summed E-state index contributed by atoms with van der Waals surface area (Å²) in [5, 5.41) is 11.0. The molecule has 1 aromatic heterocycles. The number of benzene rings is 2. The highest BCUT2D eigenvalue weighted by molar-refractivity contribution is 5.92. The Morgan fingerprint density at radius 2 is 1.85 bits per heavy atom. The smallest absolute Gasteiger partial charge is 0.272 e. The lowest BCUT2D eigenvalue weighted by atomic mass is 10.2. The van der Waals surface area contributed by atoms with Gasteiger partial charge in [-0.05, 0) is 42.0 Å². The highest BCUT2D eigenvalue weighted by Gasteiger charge is 2.14. The summed E-state index contributed by atoms with van der Waals surface area (Å²) in [5.41, 5.74) is 2.17. The van der Waals surface area contributed by atoms with E-state index in [-0.39, 0.29) is 18.4 Å². The number of aromatic nitrogens is 2. The standard InChI is InChI=1S/C20H18N4O3/c1-24(15-5-3-2-4-6-15)19-10-8-16(22-23-19)20(25)21-12-14-7-9-17-18(11-14)27-13-26-17/h2-11H,12-13H2,1H3,(H,21,25). The molecule has 1 aliphatic heterocycles. The second-order valence-corrected chi connectivity index (χ2v) is 6.04. The van der Waals surface area contributed by atoms with Crippen molar-refractivity contribution in [2.45, 2.75) is 6.54 Å². The zero-order chi connectivity index (χ0) is 18.6. The number of hydrogen-bond donors (Lipinski definition) is 1. The van der Waals surface area contributed by atoms with Gasteiger partial charge in [0.2, 0.25) is 6.79 Å². The van der Waals surface area contributed by atoms with Gasteiger partial charge in [0, 0.05) is 19.3 Å². The number of nitrogens with one attached hydrogen (secondary N) is 1. The van der Waals surface area contributed by atoms with E-state index in [4.69, 9.17) is 9.47 Å². The summed E-state index contributed by atoms with van der Waals surface area (Å²) in [6, 6.07) is 18.8. The maximum absolute atomic E-state index is 12.3. The molecule has 0 fully saturated rings. The van der Waals surface area contributed by atoms with Crippen LogP contribution in [0.4, 0.5) is 11.5 Å². The number of amides is 1. The van der Waals surface area contributed by atoms with Gasteiger partial charge in [0.25, 0.3) is 5.91 Å². The largest absolute Gasteiger partial charge is 0.454 e. The van der Waals surface area contributed by atoms with Gasteiger partial charge in [0.15, 0.2) is 23.0 Å². The van der Waals surface area contributed by atoms with E-state index in [0.717, 1.165) is 11.3 Å². The van der Waals surface area contributed by atoms with Gasteiger partial charge in [-0.15, -0.1) is 10.2 Å². The molecule has 4 rings (SSSR count). The Hall–Kier alpha value is -3.61. The molecule has 0 atom stereocenters. The minimum atomic E-state index is -0.283. The molecule has 136 valence electrons. The molecule has 1 amide bonds. The van der Waals surface area contributed by atoms with E-state index in [1.54, 1.807) is 12.1 Å². The number of rotatable bonds is 5. The molecule has 1 aliphatic rings. The van der Waals surface area contributed by atoms with E-state index in [2.05, 4.69) is 15.5 Å². The first kappa shape index (κ1) is 16.8. The molecule has 0 bridgehead atoms. The van der Waals surface area contributed by atoms with Crippen LogP contribution in [0.3, 0.4) is 0 Å². The monoisotopic (exact) mass is 362 g/mol. The van der Waals surface area contributed by atoms with Crippen LogP contribution in [0.15, 0.2) is 60.7 Å². The first-order chi connectivity index (χ1) is 13.2. The molecule has 7 nitrogen and oxygen atoms in total. The number of anilines is 2. The van der Waals surface area contributed by atoms with Gasteiger partial charge in [-0.2, -0.15) is 0 Å². The van der Waals surface area contributed by atoms with Crippen LogP contribution in [0.2, 0.25) is 0 Å². The average molecular weight is 362 g/mol. The summed E-state index contributed by atoms with van der Waals surface area (Å²) >= 11 is 0. The number of carbonyl (C=O) groups excluding carboxylic acids is 1. The summed E-state index contributed by atoms with van der Waals surface area (Å²) in [5.74, 6) is 1.78. The lowest BCUT2D eigenvalue weighted by Crippen LogP contribution is -2.24. The minimum absolute atomic E-state index is 0.227. The number of hydrogen-bond acceptors (Lipinski definition) is 6. The Kier molecular flexibility index (Phi) is 4.57. The molecule has 0 unspecified atom stereocenters. The van der Waals surface area contributed by atoms with Crippen molar-refractivity contribution in [1.29, 1.82) is 0 Å². The fourth-order valence-corrected chi connectivity index (χ4v) is 2.73. The summed E-state index contributed by atoms with van der Waals surface area (Å²) in [6.45, 7) is 0.591. The lowest BCUT2D eigenvalue weighted by molar-refractivity contribution is 0.0945. The fourth-order valence-electron chi connectivity index (χ4n) is 2.73. The highest BCUT2D eigenvalue weighted by atomic mass is 16.7. The van der Waals surface area contributed by atoms with Crippen molar-refractivity contribution >= 4 is 17.4 Å². The van der Waals surface area contributed by atoms with Crippen molar-refractivity contribution in [3.63, 3.8) is 0 Å². The van der Waals surface area contributed by atoms with Crippen LogP contribution in [-0.4, -0.2) is 29.9 Å². The predicted octanol–water partition coefficient (Wildman–Crippen LogP) is 2.90. The lowest BCUT2D eigenvalue weighted by Gasteiger charge is -2.17. The third kappa shape index (κ3) is 3.67. The first-order valence-corrected chi connectivity index (χ1v) is 8.50. The fraction of sp³-hybridized carbons (Fsp3) is 0.150. The van der Waals surface area contributed by atoms with E-state index in [1.165, 1.54) is 0 Å². The topological polar surface area (TPSA) is 76.6 Å². The highest BCUT2D eigenvalue weighted by Crippen LogP contribution is 2.32. The predicted molar refractivity (Wildman–Crippen MR) is 100 cm³/mol. The van der Waals surface area contributed by atoms with E-state index in [0.29, 0.717) is 23.9 Å². The van der Waals surface area contributed by atoms with Crippen LogP contribution in [0, 0.1) is 0 Å². The molecule has 3 aromatic rings. The molecule has 2 heterocycles. The maximum atomic E-state index is 12.3. The summed E-state index contributed by atoms with van der Waals surface area (Å²) < 4.78 is 10.6. The van der Waals surface area contributed by atoms with Crippen molar-refractivity contribution in [2.75, 3.05) is 18.7 Å². The van der Waals surface area contributed by atoms with Crippen LogP contribution in [0.25, 0.3) is 0 Å². The Morgan fingerprint density at radius 1 is 1.04 bits per heavy atom. The zero-order valence-corrected chi connectivity index (χ0v) is 14.8. The first-order valence-electron chi connectivity index (χ1n) is 8.50. The van der Waals surface area contributed by atoms with Crippen molar-refractivity contribution in [3.05, 3.63) is 71.9 Å². The van der Waals surface area contributed by atoms with E-state index >= 15 is 0 Å². The van der Waals surface area contributed by atoms with Crippen molar-refractivity contribution in [2.24, 2.45) is 0 Å². The van der Waals surface area contributed by atoms with Gasteiger partial charge in [-0.3, -0.25) is 4.79 Å². The van der Waals surface area contributed by atoms with Crippen molar-refractivity contribution in [3.8, 4) is 11.5 Å². The number of carbonyl (C=O) groups is 1. The van der Waals surface area contributed by atoms with E-state index in [9.17, 15) is 4.79 Å². The van der Waals surface area contributed by atoms with Crippen molar-refractivity contribution in [1.82, 2.24) is 15.5 Å². The SMILES string of the molecule is CN(c1ccccc1)c1ccc(C(=O)NCc2ccc3c(c2)OCO3)nn1. The number of nitrogens with zero attached hydrogens (tertiary/aromatic N) is 3. The number of fused-ring (bicyclic) bond motifs is 1. The molecule has 0 spiro atoms. The number of ether oxygens (including phenoxy) is 2. The van der Waals surface area contributed by atoms with Gasteiger partial charge >= 0.3 is 0 Å². The maximum Gasteiger partial charge on any atom is 0.272 e. The average Bonchev–Trinajstić information content (AvgIpc) is 3.20. The molecule has 7 heteroatoms. The number of para-hydroxylation sites is 1.